The molecular weight excluding hydrogens is 246 g/mol. The molecule has 0 aromatic heterocycles. The van der Waals surface area contributed by atoms with E-state index in [9.17, 15) is 0 Å². The molecule has 0 saturated heterocycles. The Kier molecular flexibility index (Phi) is 10.5. The minimum absolute atomic E-state index is 0.259. The van der Waals surface area contributed by atoms with Crippen molar-refractivity contribution in [3.63, 3.8) is 0 Å². The number of nitrogens with zero attached hydrogens (tertiary/aromatic N) is 2. The predicted octanol–water partition coefficient (Wildman–Crippen LogP) is 3.21. The van der Waals surface area contributed by atoms with Crippen molar-refractivity contribution in [1.82, 2.24) is 15.1 Å². The van der Waals surface area contributed by atoms with Gasteiger partial charge in [-0.3, -0.25) is 4.90 Å². The fourth-order valence-electron chi connectivity index (χ4n) is 2.41. The van der Waals surface area contributed by atoms with Gasteiger partial charge >= 0.3 is 0 Å². The van der Waals surface area contributed by atoms with Crippen LogP contribution >= 0.6 is 0 Å². The molecule has 0 heterocycles. The third kappa shape index (κ3) is 8.23. The molecule has 1 atom stereocenters. The lowest BCUT2D eigenvalue weighted by molar-refractivity contribution is 0.185. The number of likely N-dealkylation sites (N-methyl/N-ethyl adjacent to an activating group) is 1. The molecule has 0 saturated carbocycles. The quantitative estimate of drug-likeness (QED) is 0.594. The standard InChI is InChI=1S/C17H39N3/c1-8-17(6,7)18-15-16(5)20(11-4)14-12-13-19(9-2)10-3/h16,18H,8-15H2,1-7H3. The lowest BCUT2D eigenvalue weighted by atomic mass is 10.0. The summed E-state index contributed by atoms with van der Waals surface area (Å²) in [6, 6.07) is 0.613. The van der Waals surface area contributed by atoms with Crippen LogP contribution < -0.4 is 5.32 Å². The van der Waals surface area contributed by atoms with Crippen LogP contribution in [0, 0.1) is 0 Å². The molecule has 0 rings (SSSR count). The van der Waals surface area contributed by atoms with E-state index in [1.165, 1.54) is 39.0 Å². The monoisotopic (exact) mass is 285 g/mol. The lowest BCUT2D eigenvalue weighted by Crippen LogP contribution is -2.48. The van der Waals surface area contributed by atoms with Gasteiger partial charge in [-0.05, 0) is 66.3 Å². The van der Waals surface area contributed by atoms with Gasteiger partial charge in [-0.25, -0.2) is 0 Å². The molecule has 1 unspecified atom stereocenters. The molecule has 0 fully saturated rings. The maximum absolute atomic E-state index is 3.69. The number of hydrogen-bond donors (Lipinski definition) is 1. The fourth-order valence-corrected chi connectivity index (χ4v) is 2.41. The summed E-state index contributed by atoms with van der Waals surface area (Å²) in [7, 11) is 0. The molecule has 0 radical (unpaired) electrons. The number of nitrogens with one attached hydrogen (secondary N) is 1. The van der Waals surface area contributed by atoms with E-state index >= 15 is 0 Å². The molecular formula is C17H39N3. The Morgan fingerprint density at radius 2 is 1.55 bits per heavy atom. The van der Waals surface area contributed by atoms with Crippen LogP contribution in [0.15, 0.2) is 0 Å². The van der Waals surface area contributed by atoms with Crippen LogP contribution in [0.25, 0.3) is 0 Å². The summed E-state index contributed by atoms with van der Waals surface area (Å²) in [5.74, 6) is 0. The second-order valence-corrected chi connectivity index (χ2v) is 6.48. The summed E-state index contributed by atoms with van der Waals surface area (Å²) < 4.78 is 0. The van der Waals surface area contributed by atoms with E-state index < -0.39 is 0 Å². The highest BCUT2D eigenvalue weighted by Crippen LogP contribution is 2.08. The van der Waals surface area contributed by atoms with Crippen molar-refractivity contribution >= 4 is 0 Å². The van der Waals surface area contributed by atoms with Crippen LogP contribution in [0.5, 0.6) is 0 Å². The van der Waals surface area contributed by atoms with E-state index in [-0.39, 0.29) is 5.54 Å². The first-order chi connectivity index (χ1) is 9.40. The molecule has 122 valence electrons. The molecule has 20 heavy (non-hydrogen) atoms. The van der Waals surface area contributed by atoms with E-state index in [1.54, 1.807) is 0 Å². The number of rotatable bonds is 12. The lowest BCUT2D eigenvalue weighted by Gasteiger charge is -2.33. The van der Waals surface area contributed by atoms with E-state index in [2.05, 4.69) is 63.6 Å². The Labute approximate surface area is 128 Å². The second kappa shape index (κ2) is 10.6. The van der Waals surface area contributed by atoms with Crippen LogP contribution in [0.3, 0.4) is 0 Å². The molecule has 0 aliphatic carbocycles. The Morgan fingerprint density at radius 3 is 2.00 bits per heavy atom. The molecule has 0 bridgehead atoms. The molecule has 0 amide bonds. The van der Waals surface area contributed by atoms with Gasteiger partial charge in [0.25, 0.3) is 0 Å². The largest absolute Gasteiger partial charge is 0.310 e. The van der Waals surface area contributed by atoms with Crippen molar-refractivity contribution in [2.24, 2.45) is 0 Å². The Bertz CT molecular complexity index is 224. The molecule has 1 N–H and O–H groups in total. The third-order valence-electron chi connectivity index (χ3n) is 4.60. The third-order valence-corrected chi connectivity index (χ3v) is 4.60. The van der Waals surface area contributed by atoms with E-state index in [4.69, 9.17) is 0 Å². The normalized spacial score (nSPS) is 14.2. The van der Waals surface area contributed by atoms with Crippen LogP contribution in [0.2, 0.25) is 0 Å². The highest BCUT2D eigenvalue weighted by atomic mass is 15.2. The first kappa shape index (κ1) is 19.9. The van der Waals surface area contributed by atoms with Crippen molar-refractivity contribution in [2.75, 3.05) is 39.3 Å². The Morgan fingerprint density at radius 1 is 0.950 bits per heavy atom. The van der Waals surface area contributed by atoms with Crippen LogP contribution in [0.1, 0.15) is 61.3 Å². The fraction of sp³-hybridized carbons (Fsp3) is 1.00. The van der Waals surface area contributed by atoms with E-state index in [0.29, 0.717) is 6.04 Å². The molecule has 0 spiro atoms. The number of hydrogen-bond acceptors (Lipinski definition) is 3. The van der Waals surface area contributed by atoms with Gasteiger partial charge in [-0.15, -0.1) is 0 Å². The zero-order valence-corrected chi connectivity index (χ0v) is 15.1. The Balaban J connectivity index is 4.05. The highest BCUT2D eigenvalue weighted by Gasteiger charge is 2.18. The minimum Gasteiger partial charge on any atom is -0.310 e. The summed E-state index contributed by atoms with van der Waals surface area (Å²) in [6.07, 6.45) is 2.45. The molecule has 0 aromatic carbocycles. The molecule has 0 aliphatic heterocycles. The van der Waals surface area contributed by atoms with Crippen LogP contribution in [0.4, 0.5) is 0 Å². The first-order valence-corrected chi connectivity index (χ1v) is 8.61. The SMILES string of the molecule is CCN(CC)CCCN(CC)C(C)CNC(C)(C)CC. The zero-order chi connectivity index (χ0) is 15.6. The molecule has 0 aromatic rings. The van der Waals surface area contributed by atoms with Gasteiger partial charge in [-0.1, -0.05) is 27.7 Å². The van der Waals surface area contributed by atoms with E-state index in [1.807, 2.05) is 0 Å². The van der Waals surface area contributed by atoms with Gasteiger partial charge in [0.1, 0.15) is 0 Å². The van der Waals surface area contributed by atoms with Crippen molar-refractivity contribution < 1.29 is 0 Å². The summed E-state index contributed by atoms with van der Waals surface area (Å²) in [4.78, 5) is 5.11. The average Bonchev–Trinajstić information content (AvgIpc) is 2.45. The maximum Gasteiger partial charge on any atom is 0.0192 e. The highest BCUT2D eigenvalue weighted by molar-refractivity contribution is 4.79. The van der Waals surface area contributed by atoms with Crippen molar-refractivity contribution in [2.45, 2.75) is 72.9 Å². The maximum atomic E-state index is 3.69. The zero-order valence-electron chi connectivity index (χ0n) is 15.1. The second-order valence-electron chi connectivity index (χ2n) is 6.48. The topological polar surface area (TPSA) is 18.5 Å². The van der Waals surface area contributed by atoms with Gasteiger partial charge < -0.3 is 10.2 Å². The van der Waals surface area contributed by atoms with Gasteiger partial charge in [0.2, 0.25) is 0 Å². The average molecular weight is 286 g/mol. The van der Waals surface area contributed by atoms with Gasteiger partial charge in [-0.2, -0.15) is 0 Å². The van der Waals surface area contributed by atoms with Gasteiger partial charge in [0.05, 0.1) is 0 Å². The van der Waals surface area contributed by atoms with Crippen molar-refractivity contribution in [1.29, 1.82) is 0 Å². The summed E-state index contributed by atoms with van der Waals surface area (Å²) in [5.41, 5.74) is 0.259. The molecule has 0 aliphatic rings. The van der Waals surface area contributed by atoms with Crippen LogP contribution in [-0.4, -0.2) is 60.6 Å². The summed E-state index contributed by atoms with van der Waals surface area (Å²) >= 11 is 0. The van der Waals surface area contributed by atoms with Gasteiger partial charge in [0, 0.05) is 18.1 Å². The smallest absolute Gasteiger partial charge is 0.0192 e. The summed E-state index contributed by atoms with van der Waals surface area (Å²) in [5, 5.41) is 3.69. The van der Waals surface area contributed by atoms with Gasteiger partial charge in [0.15, 0.2) is 0 Å². The predicted molar refractivity (Wildman–Crippen MR) is 91.5 cm³/mol. The van der Waals surface area contributed by atoms with Crippen molar-refractivity contribution in [3.05, 3.63) is 0 Å². The molecule has 3 nitrogen and oxygen atoms in total. The van der Waals surface area contributed by atoms with Crippen LogP contribution in [-0.2, 0) is 0 Å². The molecule has 3 heteroatoms. The Hall–Kier alpha value is -0.120. The van der Waals surface area contributed by atoms with E-state index in [0.717, 1.165) is 13.1 Å². The first-order valence-electron chi connectivity index (χ1n) is 8.61. The minimum atomic E-state index is 0.259. The summed E-state index contributed by atoms with van der Waals surface area (Å²) in [6.45, 7) is 23.0. The van der Waals surface area contributed by atoms with Crippen molar-refractivity contribution in [3.8, 4) is 0 Å².